The van der Waals surface area contributed by atoms with Gasteiger partial charge in [0.25, 0.3) is 0 Å². The molecule has 11 heteroatoms. The first-order valence-corrected chi connectivity index (χ1v) is 19.5. The number of aliphatic hydroxyl groups excluding tert-OH is 2. The van der Waals surface area contributed by atoms with Crippen LogP contribution in [0.25, 0.3) is 0 Å². The molecule has 0 aromatic carbocycles. The summed E-state index contributed by atoms with van der Waals surface area (Å²) >= 11 is 0. The molecule has 4 aliphatic carbocycles. The third-order valence-electron chi connectivity index (χ3n) is 15.8. The Hall–Kier alpha value is -1.88. The number of rotatable bonds is 5. The van der Waals surface area contributed by atoms with Crippen molar-refractivity contribution < 1.29 is 44.2 Å². The van der Waals surface area contributed by atoms with E-state index >= 15 is 0 Å². The molecule has 11 nitrogen and oxygen atoms in total. The first-order chi connectivity index (χ1) is 24.1. The first-order valence-electron chi connectivity index (χ1n) is 19.5. The fourth-order valence-corrected chi connectivity index (χ4v) is 12.6. The van der Waals surface area contributed by atoms with E-state index in [-0.39, 0.29) is 41.6 Å². The molecule has 16 atom stereocenters. The van der Waals surface area contributed by atoms with Gasteiger partial charge in [0.05, 0.1) is 40.9 Å². The fraction of sp³-hybridized carbons (Fsp3) is 0.850. The number of fused-ring (bicyclic) bond motifs is 4. The van der Waals surface area contributed by atoms with E-state index in [1.165, 1.54) is 0 Å². The molecule has 3 saturated carbocycles. The average Bonchev–Trinajstić information content (AvgIpc) is 3.70. The summed E-state index contributed by atoms with van der Waals surface area (Å²) in [5, 5.41) is 51.9. The van der Waals surface area contributed by atoms with Gasteiger partial charge in [0.2, 0.25) is 5.91 Å². The van der Waals surface area contributed by atoms with Gasteiger partial charge in [-0.25, -0.2) is 0 Å². The normalized spacial score (nSPS) is 53.0. The lowest BCUT2D eigenvalue weighted by molar-refractivity contribution is -0.204. The molecule has 51 heavy (non-hydrogen) atoms. The van der Waals surface area contributed by atoms with Crippen LogP contribution < -0.4 is 5.32 Å². The minimum Gasteiger partial charge on any atom is -0.387 e. The predicted octanol–water partition coefficient (Wildman–Crippen LogP) is 2.08. The number of piperidine rings is 1. The largest absolute Gasteiger partial charge is 0.387 e. The van der Waals surface area contributed by atoms with Gasteiger partial charge >= 0.3 is 0 Å². The van der Waals surface area contributed by atoms with E-state index in [9.17, 15) is 30.0 Å². The predicted molar refractivity (Wildman–Crippen MR) is 186 cm³/mol. The molecule has 9 aliphatic rings. The Morgan fingerprint density at radius 3 is 2.57 bits per heavy atom. The number of carbonyl (C=O) groups excluding carboxylic acids is 2. The smallest absolute Gasteiger partial charge is 0.240 e. The third kappa shape index (κ3) is 5.07. The van der Waals surface area contributed by atoms with Gasteiger partial charge in [0.15, 0.2) is 5.78 Å². The lowest BCUT2D eigenvalue weighted by atomic mass is 9.39. The van der Waals surface area contributed by atoms with Crippen LogP contribution in [-0.2, 0) is 23.8 Å². The van der Waals surface area contributed by atoms with Gasteiger partial charge in [-0.1, -0.05) is 26.7 Å². The van der Waals surface area contributed by atoms with E-state index in [4.69, 9.17) is 14.2 Å². The maximum atomic E-state index is 14.3. The molecule has 3 saturated heterocycles. The van der Waals surface area contributed by atoms with Crippen molar-refractivity contribution in [2.75, 3.05) is 26.9 Å². The molecule has 5 N–H and O–H groups in total. The van der Waals surface area contributed by atoms with Crippen molar-refractivity contribution in [1.82, 2.24) is 10.2 Å². The number of nitrogens with zero attached hydrogens (tertiary/aromatic N) is 1. The van der Waals surface area contributed by atoms with E-state index in [1.54, 1.807) is 20.1 Å². The topological polar surface area (TPSA) is 158 Å². The van der Waals surface area contributed by atoms with E-state index in [0.29, 0.717) is 70.3 Å². The molecule has 5 aliphatic heterocycles. The highest BCUT2D eigenvalue weighted by atomic mass is 16.5. The van der Waals surface area contributed by atoms with Crippen molar-refractivity contribution >= 4 is 11.7 Å². The lowest BCUT2D eigenvalue weighted by Crippen LogP contribution is -2.66. The quantitative estimate of drug-likeness (QED) is 0.163. The molecule has 1 spiro atoms. The summed E-state index contributed by atoms with van der Waals surface area (Å²) in [5.74, 6) is 5.95. The van der Waals surface area contributed by atoms with Crippen LogP contribution >= 0.6 is 0 Å². The number of aliphatic hydroxyl groups is 4. The highest BCUT2D eigenvalue weighted by molar-refractivity contribution is 5.95. The van der Waals surface area contributed by atoms with Gasteiger partial charge in [0.1, 0.15) is 18.4 Å². The number of ketones is 1. The molecule has 282 valence electrons. The van der Waals surface area contributed by atoms with E-state index < -0.39 is 63.9 Å². The van der Waals surface area contributed by atoms with Gasteiger partial charge in [-0.15, -0.1) is 5.92 Å². The molecular formula is C40H58N2O9. The average molecular weight is 711 g/mol. The zero-order valence-electron chi connectivity index (χ0n) is 30.9. The molecule has 7 bridgehead atoms. The Morgan fingerprint density at radius 1 is 1.02 bits per heavy atom. The Morgan fingerprint density at radius 2 is 1.80 bits per heavy atom. The van der Waals surface area contributed by atoms with Crippen molar-refractivity contribution in [2.24, 2.45) is 39.9 Å². The summed E-state index contributed by atoms with van der Waals surface area (Å²) in [5.41, 5.74) is -4.60. The number of hydrogen-bond donors (Lipinski definition) is 5. The van der Waals surface area contributed by atoms with Crippen LogP contribution in [0.2, 0.25) is 0 Å². The molecule has 16 unspecified atom stereocenters. The van der Waals surface area contributed by atoms with E-state index in [2.05, 4.69) is 24.1 Å². The summed E-state index contributed by atoms with van der Waals surface area (Å²) in [6.45, 7) is 9.63. The minimum atomic E-state index is -1.66. The molecule has 6 fully saturated rings. The Bertz CT molecular complexity index is 1540. The van der Waals surface area contributed by atoms with Crippen molar-refractivity contribution in [3.63, 3.8) is 0 Å². The summed E-state index contributed by atoms with van der Waals surface area (Å²) in [7, 11) is 1.68. The maximum Gasteiger partial charge on any atom is 0.240 e. The molecule has 0 radical (unpaired) electrons. The number of hydrogen-bond acceptors (Lipinski definition) is 10. The van der Waals surface area contributed by atoms with Gasteiger partial charge in [-0.3, -0.25) is 14.9 Å². The van der Waals surface area contributed by atoms with Crippen molar-refractivity contribution in [1.29, 1.82) is 0 Å². The van der Waals surface area contributed by atoms with Crippen LogP contribution in [0.4, 0.5) is 0 Å². The van der Waals surface area contributed by atoms with Crippen LogP contribution in [0.3, 0.4) is 0 Å². The summed E-state index contributed by atoms with van der Waals surface area (Å²) in [6.07, 6.45) is 3.68. The molecule has 9 rings (SSSR count). The van der Waals surface area contributed by atoms with Gasteiger partial charge < -0.3 is 39.5 Å². The second-order valence-electron chi connectivity index (χ2n) is 18.1. The van der Waals surface area contributed by atoms with Gasteiger partial charge in [0, 0.05) is 44.6 Å². The number of ether oxygens (including phenoxy) is 3. The van der Waals surface area contributed by atoms with Gasteiger partial charge in [-0.2, -0.15) is 0 Å². The molecule has 1 amide bonds. The summed E-state index contributed by atoms with van der Waals surface area (Å²) in [4.78, 5) is 29.9. The second-order valence-corrected chi connectivity index (χ2v) is 18.1. The highest BCUT2D eigenvalue weighted by Gasteiger charge is 2.73. The number of allylic oxidation sites excluding steroid dienone is 1. The van der Waals surface area contributed by atoms with Crippen LogP contribution in [0.1, 0.15) is 91.9 Å². The van der Waals surface area contributed by atoms with Crippen molar-refractivity contribution in [2.45, 2.75) is 146 Å². The van der Waals surface area contributed by atoms with Crippen molar-refractivity contribution in [3.05, 3.63) is 11.6 Å². The van der Waals surface area contributed by atoms with Crippen LogP contribution in [0.15, 0.2) is 11.6 Å². The monoisotopic (exact) mass is 710 g/mol. The minimum absolute atomic E-state index is 0.00454. The first kappa shape index (κ1) is 36.1. The Balaban J connectivity index is 1.20. The number of nitrogens with one attached hydrogen (secondary N) is 1. The Kier molecular flexibility index (Phi) is 8.72. The molecule has 0 aromatic rings. The second kappa shape index (κ2) is 12.3. The SMILES string of the molecule is COCCCOC1CCC2(C)C(C1)C(=O)C=C1C3(O)CCC4C(C)(O)C(O)C5OC6C(O)NC(CC6C5C)C(=O)N5CC5CC#CC12CCC43C. The van der Waals surface area contributed by atoms with Crippen LogP contribution in [0, 0.1) is 51.8 Å². The fourth-order valence-electron chi connectivity index (χ4n) is 12.6. The van der Waals surface area contributed by atoms with Crippen LogP contribution in [0.5, 0.6) is 0 Å². The van der Waals surface area contributed by atoms with Crippen LogP contribution in [-0.4, -0.2) is 118 Å². The zero-order chi connectivity index (χ0) is 36.3. The lowest BCUT2D eigenvalue weighted by Gasteiger charge is -2.64. The highest BCUT2D eigenvalue weighted by Crippen LogP contribution is 2.73. The third-order valence-corrected chi connectivity index (χ3v) is 15.8. The number of methoxy groups -OCH3 is 1. The van der Waals surface area contributed by atoms with E-state index in [0.717, 1.165) is 19.3 Å². The molecule has 5 heterocycles. The molecule has 0 aromatic heterocycles. The van der Waals surface area contributed by atoms with Crippen molar-refractivity contribution in [3.8, 4) is 11.8 Å². The number of carbonyl (C=O) groups is 2. The number of amides is 1. The van der Waals surface area contributed by atoms with E-state index in [1.807, 2.05) is 18.7 Å². The molecular weight excluding hydrogens is 652 g/mol. The standard InChI is InChI=1S/C40H58N2O9/c1-22-25-19-27-35(46)42-21-23(42)8-6-11-39-15-14-37(3)29(38(4,47)33(44)31(22)51-32(25)34(45)41-27)10-13-40(37,48)30(39)20-28(43)26-18-24(9-12-36(26,39)2)50-17-7-16-49-5/h20,22-27,29,31-34,41,44-45,47-48H,7-10,12-19,21H2,1-5H3. The summed E-state index contributed by atoms with van der Waals surface area (Å²) < 4.78 is 17.8. The maximum absolute atomic E-state index is 14.3. The van der Waals surface area contributed by atoms with Gasteiger partial charge in [-0.05, 0) is 99.5 Å². The summed E-state index contributed by atoms with van der Waals surface area (Å²) in [6, 6.07) is -0.617. The zero-order valence-corrected chi connectivity index (χ0v) is 30.9. The Labute approximate surface area is 301 Å².